The molecule has 3 aromatic carbocycles. The maximum Gasteiger partial charge on any atom is 0.225 e. The Morgan fingerprint density at radius 2 is 1.41 bits per heavy atom. The zero-order valence-corrected chi connectivity index (χ0v) is 18.3. The Morgan fingerprint density at radius 3 is 2.09 bits per heavy atom. The van der Waals surface area contributed by atoms with Crippen LogP contribution in [0.5, 0.6) is 0 Å². The first-order valence-corrected chi connectivity index (χ1v) is 11.4. The molecule has 1 amide bonds. The van der Waals surface area contributed by atoms with E-state index in [0.29, 0.717) is 19.3 Å². The first kappa shape index (κ1) is 20.4. The van der Waals surface area contributed by atoms with Crippen molar-refractivity contribution in [2.75, 3.05) is 0 Å². The molecular formula is C29H27NO2. The molecule has 3 aromatic rings. The number of amides is 1. The molecule has 5 rings (SSSR count). The van der Waals surface area contributed by atoms with Gasteiger partial charge in [0.25, 0.3) is 0 Å². The molecule has 0 fully saturated rings. The molecule has 0 saturated carbocycles. The molecule has 0 aromatic heterocycles. The molecule has 2 aliphatic rings. The van der Waals surface area contributed by atoms with E-state index in [1.54, 1.807) is 0 Å². The Balaban J connectivity index is 1.44. The van der Waals surface area contributed by atoms with Crippen LogP contribution >= 0.6 is 0 Å². The second-order valence-electron chi connectivity index (χ2n) is 8.81. The van der Waals surface area contributed by atoms with E-state index in [4.69, 9.17) is 0 Å². The van der Waals surface area contributed by atoms with Crippen LogP contribution in [0.3, 0.4) is 0 Å². The predicted octanol–water partition coefficient (Wildman–Crippen LogP) is 5.92. The number of nitrogens with one attached hydrogen (secondary N) is 1. The zero-order chi connectivity index (χ0) is 22.1. The van der Waals surface area contributed by atoms with E-state index in [0.717, 1.165) is 34.4 Å². The maximum atomic E-state index is 13.3. The quantitative estimate of drug-likeness (QED) is 0.568. The van der Waals surface area contributed by atoms with Crippen LogP contribution in [0.15, 0.2) is 90.1 Å². The molecule has 0 spiro atoms. The normalized spacial score (nSPS) is 20.7. The van der Waals surface area contributed by atoms with Crippen molar-refractivity contribution >= 4 is 11.7 Å². The van der Waals surface area contributed by atoms with Crippen molar-refractivity contribution < 1.29 is 9.59 Å². The third-order valence-electron chi connectivity index (χ3n) is 6.82. The summed E-state index contributed by atoms with van der Waals surface area (Å²) in [6.45, 7) is 2.14. The Kier molecular flexibility index (Phi) is 5.48. The van der Waals surface area contributed by atoms with Gasteiger partial charge in [-0.05, 0) is 46.6 Å². The van der Waals surface area contributed by atoms with Gasteiger partial charge in [0.2, 0.25) is 5.91 Å². The molecule has 1 N–H and O–H groups in total. The van der Waals surface area contributed by atoms with Gasteiger partial charge in [-0.2, -0.15) is 0 Å². The number of carbonyl (C=O) groups is 2. The summed E-state index contributed by atoms with van der Waals surface area (Å²) in [6, 6.07) is 27.1. The van der Waals surface area contributed by atoms with Crippen molar-refractivity contribution in [2.24, 2.45) is 0 Å². The number of carbonyl (C=O) groups excluding carboxylic acids is 2. The van der Waals surface area contributed by atoms with Crippen molar-refractivity contribution in [3.8, 4) is 11.1 Å². The van der Waals surface area contributed by atoms with Gasteiger partial charge in [0.1, 0.15) is 0 Å². The Morgan fingerprint density at radius 1 is 0.750 bits per heavy atom. The lowest BCUT2D eigenvalue weighted by atomic mass is 9.73. The predicted molar refractivity (Wildman–Crippen MR) is 127 cm³/mol. The Bertz CT molecular complexity index is 1170. The number of ketones is 1. The number of Topliss-reactive ketones (excluding diaryl/α,β-unsaturated/α-hetero) is 1. The fourth-order valence-electron chi connectivity index (χ4n) is 5.04. The van der Waals surface area contributed by atoms with Gasteiger partial charge >= 0.3 is 0 Å². The lowest BCUT2D eigenvalue weighted by molar-refractivity contribution is -0.122. The average Bonchev–Trinajstić information content (AvgIpc) is 2.84. The van der Waals surface area contributed by atoms with Crippen molar-refractivity contribution in [1.29, 1.82) is 0 Å². The summed E-state index contributed by atoms with van der Waals surface area (Å²) in [7, 11) is 0. The van der Waals surface area contributed by atoms with Crippen LogP contribution in [0.4, 0.5) is 0 Å². The largest absolute Gasteiger partial charge is 0.329 e. The first-order valence-electron chi connectivity index (χ1n) is 11.4. The highest BCUT2D eigenvalue weighted by Crippen LogP contribution is 2.42. The molecule has 0 radical (unpaired) electrons. The molecule has 1 aliphatic carbocycles. The molecule has 160 valence electrons. The first-order chi connectivity index (χ1) is 15.6. The van der Waals surface area contributed by atoms with E-state index in [2.05, 4.69) is 72.9 Å². The molecule has 2 unspecified atom stereocenters. The summed E-state index contributed by atoms with van der Waals surface area (Å²) in [5.74, 6) is 0.106. The average molecular weight is 422 g/mol. The van der Waals surface area contributed by atoms with Gasteiger partial charge in [0.05, 0.1) is 0 Å². The minimum atomic E-state index is -0.167. The molecule has 0 saturated heterocycles. The van der Waals surface area contributed by atoms with Crippen LogP contribution in [0.1, 0.15) is 54.7 Å². The second-order valence-corrected chi connectivity index (χ2v) is 8.81. The molecule has 32 heavy (non-hydrogen) atoms. The minimum Gasteiger partial charge on any atom is -0.329 e. The number of aryl methyl sites for hydroxylation is 1. The van der Waals surface area contributed by atoms with E-state index in [9.17, 15) is 9.59 Å². The number of rotatable bonds is 4. The highest BCUT2D eigenvalue weighted by atomic mass is 16.2. The number of hydrogen-bond acceptors (Lipinski definition) is 2. The SMILES string of the molecule is CCc1ccc(C2CC(=O)C3=C(C2)NC(=O)CC3c2ccc(-c3ccccc3)cc2)cc1. The van der Waals surface area contributed by atoms with Gasteiger partial charge in [-0.25, -0.2) is 0 Å². The monoisotopic (exact) mass is 421 g/mol. The van der Waals surface area contributed by atoms with Crippen LogP contribution in [-0.2, 0) is 16.0 Å². The lowest BCUT2D eigenvalue weighted by Crippen LogP contribution is -2.38. The lowest BCUT2D eigenvalue weighted by Gasteiger charge is -2.34. The molecule has 1 aliphatic heterocycles. The fourth-order valence-corrected chi connectivity index (χ4v) is 5.04. The van der Waals surface area contributed by atoms with Gasteiger partial charge in [-0.1, -0.05) is 85.8 Å². The minimum absolute atomic E-state index is 0.00401. The van der Waals surface area contributed by atoms with Crippen LogP contribution < -0.4 is 5.32 Å². The van der Waals surface area contributed by atoms with Crippen LogP contribution in [0, 0.1) is 0 Å². The standard InChI is InChI=1S/C29H27NO2/c1-2-19-8-10-22(11-9-19)24-16-26-29(27(31)17-24)25(18-28(32)30-26)23-14-12-21(13-15-23)20-6-4-3-5-7-20/h3-15,24-25H,2,16-18H2,1H3,(H,30,32). The molecule has 0 bridgehead atoms. The molecule has 2 atom stereocenters. The van der Waals surface area contributed by atoms with E-state index in [-0.39, 0.29) is 23.5 Å². The summed E-state index contributed by atoms with van der Waals surface area (Å²) < 4.78 is 0. The summed E-state index contributed by atoms with van der Waals surface area (Å²) in [6.07, 6.45) is 2.53. The number of hydrogen-bond donors (Lipinski definition) is 1. The Hall–Kier alpha value is -3.46. The zero-order valence-electron chi connectivity index (χ0n) is 18.3. The number of allylic oxidation sites excluding steroid dienone is 2. The molecule has 3 heteroatoms. The van der Waals surface area contributed by atoms with Crippen molar-refractivity contribution in [1.82, 2.24) is 5.32 Å². The van der Waals surface area contributed by atoms with Crippen LogP contribution in [0.2, 0.25) is 0 Å². The third-order valence-corrected chi connectivity index (χ3v) is 6.82. The van der Waals surface area contributed by atoms with Gasteiger partial charge in [-0.15, -0.1) is 0 Å². The fraction of sp³-hybridized carbons (Fsp3) is 0.241. The van der Waals surface area contributed by atoms with Crippen molar-refractivity contribution in [2.45, 2.75) is 44.4 Å². The summed E-state index contributed by atoms with van der Waals surface area (Å²) in [5, 5.41) is 3.03. The Labute approximate surface area is 189 Å². The summed E-state index contributed by atoms with van der Waals surface area (Å²) >= 11 is 0. The molecule has 1 heterocycles. The molecular weight excluding hydrogens is 394 g/mol. The van der Waals surface area contributed by atoms with Crippen LogP contribution in [-0.4, -0.2) is 11.7 Å². The summed E-state index contributed by atoms with van der Waals surface area (Å²) in [5.41, 5.74) is 7.41. The second kappa shape index (κ2) is 8.58. The van der Waals surface area contributed by atoms with Gasteiger partial charge < -0.3 is 5.32 Å². The highest BCUT2D eigenvalue weighted by molar-refractivity contribution is 6.02. The molecule has 3 nitrogen and oxygen atoms in total. The highest BCUT2D eigenvalue weighted by Gasteiger charge is 2.38. The van der Waals surface area contributed by atoms with Gasteiger partial charge in [-0.3, -0.25) is 9.59 Å². The maximum absolute atomic E-state index is 13.3. The summed E-state index contributed by atoms with van der Waals surface area (Å²) in [4.78, 5) is 25.9. The van der Waals surface area contributed by atoms with Crippen molar-refractivity contribution in [3.05, 3.63) is 107 Å². The van der Waals surface area contributed by atoms with E-state index in [1.165, 1.54) is 11.1 Å². The van der Waals surface area contributed by atoms with E-state index in [1.807, 2.05) is 18.2 Å². The van der Waals surface area contributed by atoms with Crippen LogP contribution in [0.25, 0.3) is 11.1 Å². The topological polar surface area (TPSA) is 46.2 Å². The van der Waals surface area contributed by atoms with E-state index < -0.39 is 0 Å². The number of benzene rings is 3. The third kappa shape index (κ3) is 3.91. The van der Waals surface area contributed by atoms with E-state index >= 15 is 0 Å². The van der Waals surface area contributed by atoms with Gasteiger partial charge in [0.15, 0.2) is 5.78 Å². The van der Waals surface area contributed by atoms with Crippen molar-refractivity contribution in [3.63, 3.8) is 0 Å². The smallest absolute Gasteiger partial charge is 0.225 e. The van der Waals surface area contributed by atoms with Gasteiger partial charge in [0, 0.05) is 30.0 Å².